The lowest BCUT2D eigenvalue weighted by atomic mass is 10.2. The van der Waals surface area contributed by atoms with E-state index >= 15 is 0 Å². The van der Waals surface area contributed by atoms with Gasteiger partial charge in [0.1, 0.15) is 6.04 Å². The van der Waals surface area contributed by atoms with E-state index in [1.54, 1.807) is 0 Å². The van der Waals surface area contributed by atoms with E-state index < -0.39 is 40.7 Å². The second kappa shape index (κ2) is 10.4. The molecule has 8 nitrogen and oxygen atoms in total. The lowest BCUT2D eigenvalue weighted by Gasteiger charge is -2.20. The summed E-state index contributed by atoms with van der Waals surface area (Å²) < 4.78 is 31.8. The fourth-order valence-corrected chi connectivity index (χ4v) is 4.39. The smallest absolute Gasteiger partial charge is 0.327 e. The van der Waals surface area contributed by atoms with Crippen LogP contribution >= 0.6 is 34.5 Å². The van der Waals surface area contributed by atoms with Gasteiger partial charge in [0.2, 0.25) is 10.0 Å². The molecule has 1 amide bonds. The maximum Gasteiger partial charge on any atom is 0.327 e. The van der Waals surface area contributed by atoms with Crippen molar-refractivity contribution in [2.24, 2.45) is 0 Å². The first-order valence-corrected chi connectivity index (χ1v) is 11.3. The van der Waals surface area contributed by atoms with Crippen molar-refractivity contribution in [3.8, 4) is 0 Å². The summed E-state index contributed by atoms with van der Waals surface area (Å²) in [7, 11) is -4.22. The molecule has 0 aliphatic heterocycles. The minimum atomic E-state index is -4.22. The van der Waals surface area contributed by atoms with Crippen molar-refractivity contribution in [3.05, 3.63) is 50.6 Å². The Morgan fingerprint density at radius 3 is 2.55 bits per heavy atom. The Kier molecular flexibility index (Phi) is 8.44. The number of esters is 1. The zero-order valence-electron chi connectivity index (χ0n) is 15.1. The van der Waals surface area contributed by atoms with Crippen molar-refractivity contribution < 1.29 is 27.9 Å². The number of amides is 1. The average Bonchev–Trinajstić information content (AvgIpc) is 3.18. The van der Waals surface area contributed by atoms with E-state index in [9.17, 15) is 23.1 Å². The molecule has 2 rings (SSSR count). The summed E-state index contributed by atoms with van der Waals surface area (Å²) in [5.74, 6) is -1.67. The molecule has 0 aliphatic rings. The van der Waals surface area contributed by atoms with Gasteiger partial charge in [0.15, 0.2) is 6.61 Å². The van der Waals surface area contributed by atoms with Crippen molar-refractivity contribution in [1.82, 2.24) is 10.0 Å². The number of benzene rings is 1. The van der Waals surface area contributed by atoms with E-state index in [0.29, 0.717) is 0 Å². The third-order valence-corrected chi connectivity index (χ3v) is 6.66. The topological polar surface area (TPSA) is 122 Å². The minimum absolute atomic E-state index is 0.00752. The maximum absolute atomic E-state index is 12.5. The summed E-state index contributed by atoms with van der Waals surface area (Å²) >= 11 is 13.0. The molecule has 0 unspecified atom stereocenters. The first-order valence-electron chi connectivity index (χ1n) is 8.21. The number of thiophene rings is 1. The second-order valence-corrected chi connectivity index (χ2v) is 9.44. The van der Waals surface area contributed by atoms with Gasteiger partial charge in [-0.1, -0.05) is 29.3 Å². The third-order valence-electron chi connectivity index (χ3n) is 3.61. The molecular weight excluding hydrogens is 463 g/mol. The van der Waals surface area contributed by atoms with E-state index in [2.05, 4.69) is 5.32 Å². The molecule has 2 aromatic rings. The largest absolute Gasteiger partial charge is 0.454 e. The lowest BCUT2D eigenvalue weighted by Crippen LogP contribution is -2.49. The highest BCUT2D eigenvalue weighted by atomic mass is 35.5. The number of rotatable bonds is 9. The molecular formula is C17H18Cl2N2O6S2. The van der Waals surface area contributed by atoms with Gasteiger partial charge in [0, 0.05) is 4.88 Å². The molecule has 1 aromatic heterocycles. The van der Waals surface area contributed by atoms with Crippen LogP contribution in [0.15, 0.2) is 40.6 Å². The summed E-state index contributed by atoms with van der Waals surface area (Å²) in [6.45, 7) is 0.861. The Bertz CT molecular complexity index is 964. The predicted molar refractivity (Wildman–Crippen MR) is 109 cm³/mol. The number of carbonyl (C=O) groups is 2. The molecule has 3 N–H and O–H groups in total. The zero-order valence-corrected chi connectivity index (χ0v) is 18.2. The molecule has 0 fully saturated rings. The van der Waals surface area contributed by atoms with Gasteiger partial charge in [-0.05, 0) is 36.6 Å². The molecule has 0 saturated heterocycles. The summed E-state index contributed by atoms with van der Waals surface area (Å²) in [6.07, 6.45) is -1.42. The van der Waals surface area contributed by atoms with Gasteiger partial charge in [-0.2, -0.15) is 4.72 Å². The molecule has 0 saturated carbocycles. The number of aliphatic hydroxyl groups is 1. The van der Waals surface area contributed by atoms with E-state index in [1.165, 1.54) is 30.4 Å². The van der Waals surface area contributed by atoms with Crippen LogP contribution in [0.4, 0.5) is 0 Å². The van der Waals surface area contributed by atoms with Gasteiger partial charge in [-0.3, -0.25) is 9.59 Å². The van der Waals surface area contributed by atoms with Crippen LogP contribution in [-0.4, -0.2) is 44.2 Å². The highest BCUT2D eigenvalue weighted by Crippen LogP contribution is 2.25. The normalized spacial score (nSPS) is 13.5. The molecule has 1 aromatic carbocycles. The molecule has 158 valence electrons. The number of ether oxygens (including phenoxy) is 1. The van der Waals surface area contributed by atoms with E-state index in [1.807, 2.05) is 22.2 Å². The quantitative estimate of drug-likeness (QED) is 0.471. The fraction of sp³-hybridized carbons (Fsp3) is 0.294. The van der Waals surface area contributed by atoms with Gasteiger partial charge in [-0.25, -0.2) is 8.42 Å². The van der Waals surface area contributed by atoms with Crippen LogP contribution in [0.3, 0.4) is 0 Å². The first kappa shape index (κ1) is 23.6. The summed E-state index contributed by atoms with van der Waals surface area (Å²) in [5, 5.41) is 14.4. The number of aliphatic hydroxyl groups excluding tert-OH is 1. The van der Waals surface area contributed by atoms with Crippen molar-refractivity contribution in [1.29, 1.82) is 0 Å². The summed E-state index contributed by atoms with van der Waals surface area (Å²) in [5.41, 5.74) is 0. The minimum Gasteiger partial charge on any atom is -0.454 e. The van der Waals surface area contributed by atoms with Gasteiger partial charge in [0.05, 0.1) is 27.6 Å². The van der Waals surface area contributed by atoms with Crippen molar-refractivity contribution in [2.75, 3.05) is 6.61 Å². The summed E-state index contributed by atoms with van der Waals surface area (Å²) in [6, 6.07) is 5.62. The molecule has 1 heterocycles. The number of carbonyl (C=O) groups excluding carboxylic acids is 2. The van der Waals surface area contributed by atoms with E-state index in [0.717, 1.165) is 10.9 Å². The van der Waals surface area contributed by atoms with Gasteiger partial charge in [0.25, 0.3) is 5.91 Å². The van der Waals surface area contributed by atoms with E-state index in [4.69, 9.17) is 27.9 Å². The number of hydrogen-bond acceptors (Lipinski definition) is 7. The predicted octanol–water partition coefficient (Wildman–Crippen LogP) is 1.94. The molecule has 29 heavy (non-hydrogen) atoms. The molecule has 0 radical (unpaired) electrons. The van der Waals surface area contributed by atoms with Crippen molar-refractivity contribution in [2.45, 2.75) is 30.5 Å². The third kappa shape index (κ3) is 6.95. The Hall–Kier alpha value is -1.69. The van der Waals surface area contributed by atoms with Gasteiger partial charge in [-0.15, -0.1) is 11.3 Å². The monoisotopic (exact) mass is 480 g/mol. The van der Waals surface area contributed by atoms with Crippen LogP contribution in [0.25, 0.3) is 0 Å². The second-order valence-electron chi connectivity index (χ2n) is 5.88. The Morgan fingerprint density at radius 2 is 1.97 bits per heavy atom. The van der Waals surface area contributed by atoms with Crippen molar-refractivity contribution in [3.63, 3.8) is 0 Å². The average molecular weight is 481 g/mol. The zero-order chi connectivity index (χ0) is 21.6. The molecule has 12 heteroatoms. The van der Waals surface area contributed by atoms with Crippen LogP contribution in [-0.2, 0) is 30.9 Å². The SMILES string of the molecule is C[C@@H](O)[C@H](NS(=O)(=O)c1ccc(Cl)c(Cl)c1)C(=O)OCC(=O)NCc1cccs1. The number of hydrogen-bond donors (Lipinski definition) is 3. The molecule has 0 bridgehead atoms. The Labute approximate surface area is 181 Å². The lowest BCUT2D eigenvalue weighted by molar-refractivity contribution is -0.152. The molecule has 2 atom stereocenters. The van der Waals surface area contributed by atoms with Crippen LogP contribution in [0, 0.1) is 0 Å². The van der Waals surface area contributed by atoms with E-state index in [-0.39, 0.29) is 21.5 Å². The van der Waals surface area contributed by atoms with Gasteiger partial charge >= 0.3 is 5.97 Å². The molecule has 0 aliphatic carbocycles. The maximum atomic E-state index is 12.5. The molecule has 0 spiro atoms. The van der Waals surface area contributed by atoms with Crippen LogP contribution < -0.4 is 10.0 Å². The van der Waals surface area contributed by atoms with Crippen LogP contribution in [0.1, 0.15) is 11.8 Å². The summed E-state index contributed by atoms with van der Waals surface area (Å²) in [4.78, 5) is 24.7. The Balaban J connectivity index is 1.97. The van der Waals surface area contributed by atoms with Crippen LogP contribution in [0.2, 0.25) is 10.0 Å². The standard InChI is InChI=1S/C17H18Cl2N2O6S2/c1-10(22)16(21-29(25,26)12-4-5-13(18)14(19)7-12)17(24)27-9-15(23)20-8-11-3-2-6-28-11/h2-7,10,16,21-22H,8-9H2,1H3,(H,20,23)/t10-,16+/m1/s1. The Morgan fingerprint density at radius 1 is 1.24 bits per heavy atom. The fourth-order valence-electron chi connectivity index (χ4n) is 2.10. The number of sulfonamides is 1. The van der Waals surface area contributed by atoms with Gasteiger partial charge < -0.3 is 15.2 Å². The number of halogens is 2. The van der Waals surface area contributed by atoms with Crippen molar-refractivity contribution >= 4 is 56.4 Å². The highest BCUT2D eigenvalue weighted by Gasteiger charge is 2.31. The number of nitrogens with one attached hydrogen (secondary N) is 2. The van der Waals surface area contributed by atoms with Crippen LogP contribution in [0.5, 0.6) is 0 Å². The highest BCUT2D eigenvalue weighted by molar-refractivity contribution is 7.89. The first-order chi connectivity index (χ1) is 13.6.